The summed E-state index contributed by atoms with van der Waals surface area (Å²) in [6.07, 6.45) is 1.50. The van der Waals surface area contributed by atoms with E-state index in [1.807, 2.05) is 0 Å². The van der Waals surface area contributed by atoms with Crippen LogP contribution in [-0.4, -0.2) is 102 Å². The van der Waals surface area contributed by atoms with E-state index in [1.54, 1.807) is 42.5 Å². The van der Waals surface area contributed by atoms with Crippen molar-refractivity contribution in [3.8, 4) is 5.75 Å². The average Bonchev–Trinajstić information content (AvgIpc) is 3.02. The predicted molar refractivity (Wildman–Crippen MR) is 171 cm³/mol. The zero-order chi connectivity index (χ0) is 33.6. The lowest BCUT2D eigenvalue weighted by Gasteiger charge is -2.33. The highest BCUT2D eigenvalue weighted by Crippen LogP contribution is 2.20. The monoisotopic (exact) mass is 683 g/mol. The molecule has 254 valence electrons. The van der Waals surface area contributed by atoms with E-state index in [4.69, 9.17) is 14.6 Å². The van der Waals surface area contributed by atoms with Gasteiger partial charge in [0.1, 0.15) is 11.8 Å². The van der Waals surface area contributed by atoms with Gasteiger partial charge in [0.2, 0.25) is 5.91 Å². The number of ether oxygens (including phenoxy) is 2. The Bertz CT molecular complexity index is 1510. The Morgan fingerprint density at radius 3 is 2.24 bits per heavy atom. The third-order valence-electron chi connectivity index (χ3n) is 6.96. The summed E-state index contributed by atoms with van der Waals surface area (Å²) in [5, 5.41) is 16.1. The Labute approximate surface area is 269 Å². The number of amides is 4. The highest BCUT2D eigenvalue weighted by molar-refractivity contribution is 7.93. The number of nitrogens with zero attached hydrogens (tertiary/aromatic N) is 1. The average molecular weight is 684 g/mol. The molecule has 1 saturated heterocycles. The second-order valence-electron chi connectivity index (χ2n) is 10.6. The van der Waals surface area contributed by atoms with Crippen molar-refractivity contribution < 1.29 is 45.8 Å². The molecule has 1 heterocycles. The molecule has 0 aliphatic carbocycles. The Balaban J connectivity index is 1.63. The number of carbonyl (C=O) groups is 3. The van der Waals surface area contributed by atoms with Crippen molar-refractivity contribution in [1.29, 1.82) is 0 Å². The van der Waals surface area contributed by atoms with Crippen molar-refractivity contribution >= 4 is 43.6 Å². The van der Waals surface area contributed by atoms with E-state index in [0.717, 1.165) is 11.3 Å². The van der Waals surface area contributed by atoms with E-state index in [1.165, 1.54) is 19.2 Å². The molecule has 0 aromatic heterocycles. The predicted octanol–water partition coefficient (Wildman–Crippen LogP) is 1.73. The van der Waals surface area contributed by atoms with Crippen molar-refractivity contribution in [3.05, 3.63) is 60.2 Å². The molecule has 4 amide bonds. The zero-order valence-electron chi connectivity index (χ0n) is 25.5. The molecule has 1 aliphatic heterocycles. The molecule has 0 spiro atoms. The van der Waals surface area contributed by atoms with E-state index < -0.39 is 55.1 Å². The fraction of sp³-hybridized carbons (Fsp3) is 0.483. The van der Waals surface area contributed by atoms with Crippen LogP contribution in [-0.2, 0) is 35.1 Å². The van der Waals surface area contributed by atoms with Crippen LogP contribution in [0.5, 0.6) is 5.75 Å². The molecule has 1 fully saturated rings. The molecule has 1 unspecified atom stereocenters. The highest BCUT2D eigenvalue weighted by Gasteiger charge is 2.36. The second-order valence-corrected chi connectivity index (χ2v) is 14.5. The number of carboxylic acid groups (broad SMARTS) is 1. The van der Waals surface area contributed by atoms with Crippen LogP contribution in [0.15, 0.2) is 54.6 Å². The Morgan fingerprint density at radius 2 is 1.61 bits per heavy atom. The van der Waals surface area contributed by atoms with E-state index in [-0.39, 0.29) is 37.7 Å². The Hall–Kier alpha value is -4.09. The minimum absolute atomic E-state index is 0.0161. The van der Waals surface area contributed by atoms with Gasteiger partial charge in [-0.05, 0) is 42.7 Å². The van der Waals surface area contributed by atoms with Crippen LogP contribution < -0.4 is 25.4 Å². The molecule has 5 N–H and O–H groups in total. The maximum absolute atomic E-state index is 13.3. The molecule has 3 rings (SSSR count). The molecule has 2 aromatic carbocycles. The van der Waals surface area contributed by atoms with Gasteiger partial charge in [-0.2, -0.15) is 0 Å². The van der Waals surface area contributed by atoms with Gasteiger partial charge in [-0.15, -0.1) is 0 Å². The van der Waals surface area contributed by atoms with Gasteiger partial charge in [0, 0.05) is 25.3 Å². The topological polar surface area (TPSA) is 210 Å². The third-order valence-corrected chi connectivity index (χ3v) is 10.1. The van der Waals surface area contributed by atoms with Gasteiger partial charge in [0.05, 0.1) is 31.8 Å². The minimum Gasteiger partial charge on any atom is -0.497 e. The van der Waals surface area contributed by atoms with Gasteiger partial charge >= 0.3 is 12.1 Å². The summed E-state index contributed by atoms with van der Waals surface area (Å²) >= 11 is 0. The summed E-state index contributed by atoms with van der Waals surface area (Å²) in [6, 6.07) is 12.4. The number of carbonyl (C=O) groups excluding carboxylic acids is 2. The number of sulfone groups is 1. The van der Waals surface area contributed by atoms with Gasteiger partial charge in [-0.1, -0.05) is 43.2 Å². The minimum atomic E-state index is -4.10. The molecule has 17 heteroatoms. The maximum Gasteiger partial charge on any atom is 0.404 e. The quantitative estimate of drug-likeness (QED) is 0.153. The van der Waals surface area contributed by atoms with Gasteiger partial charge in [0.25, 0.3) is 10.0 Å². The summed E-state index contributed by atoms with van der Waals surface area (Å²) in [7, 11) is -6.49. The van der Waals surface area contributed by atoms with E-state index in [2.05, 4.69) is 20.7 Å². The first-order valence-corrected chi connectivity index (χ1v) is 18.1. The Morgan fingerprint density at radius 1 is 0.957 bits per heavy atom. The number of nitrogens with one attached hydrogen (secondary N) is 4. The lowest BCUT2D eigenvalue weighted by atomic mass is 10.2. The van der Waals surface area contributed by atoms with Crippen LogP contribution in [0.25, 0.3) is 0 Å². The Kier molecular flexibility index (Phi) is 13.9. The van der Waals surface area contributed by atoms with Gasteiger partial charge in [0.15, 0.2) is 15.3 Å². The van der Waals surface area contributed by atoms with Crippen LogP contribution >= 0.6 is 0 Å². The highest BCUT2D eigenvalue weighted by atomic mass is 32.2. The standard InChI is InChI=1S/C29H41N5O10S2/c1-43-24-13-11-23(12-14-24)33-46(41,42)26-19-34(17-18-44-26)28(36)32-25(21-45(39,40)20-22-9-5-4-6-10-22)27(35)30-15-7-2-3-8-16-31-29(37)38/h4-6,9-14,25-26,31,33H,2-3,7-8,15-21H2,1H3,(H,30,35)(H,32,36)(H,37,38)/t25-,26?/m1/s1. The summed E-state index contributed by atoms with van der Waals surface area (Å²) < 4.78 is 65.2. The largest absolute Gasteiger partial charge is 0.497 e. The maximum atomic E-state index is 13.3. The normalized spacial score (nSPS) is 15.8. The fourth-order valence-electron chi connectivity index (χ4n) is 4.58. The molecule has 1 aliphatic rings. The number of anilines is 1. The molecule has 0 radical (unpaired) electrons. The first kappa shape index (κ1) is 36.4. The third kappa shape index (κ3) is 12.4. The summed E-state index contributed by atoms with van der Waals surface area (Å²) in [4.78, 5) is 38.1. The van der Waals surface area contributed by atoms with Crippen molar-refractivity contribution in [2.24, 2.45) is 0 Å². The SMILES string of the molecule is COc1ccc(NS(=O)(=O)C2CN(C(=O)N[C@H](CS(=O)(=O)Cc3ccccc3)C(=O)NCCCCCCNC(=O)O)CCO2)cc1. The number of hydrogen-bond donors (Lipinski definition) is 5. The lowest BCUT2D eigenvalue weighted by molar-refractivity contribution is -0.122. The summed E-state index contributed by atoms with van der Waals surface area (Å²) in [6.45, 7) is 0.0790. The smallest absolute Gasteiger partial charge is 0.404 e. The number of benzene rings is 2. The van der Waals surface area contributed by atoms with Crippen LogP contribution in [0.2, 0.25) is 0 Å². The fourth-order valence-corrected chi connectivity index (χ4v) is 7.39. The van der Waals surface area contributed by atoms with Gasteiger partial charge in [-0.25, -0.2) is 26.4 Å². The molecule has 46 heavy (non-hydrogen) atoms. The number of methoxy groups -OCH3 is 1. The number of sulfonamides is 1. The molecule has 2 atom stereocenters. The summed E-state index contributed by atoms with van der Waals surface area (Å²) in [5.74, 6) is -1.18. The van der Waals surface area contributed by atoms with Crippen molar-refractivity contribution in [2.45, 2.75) is 42.9 Å². The molecular weight excluding hydrogens is 642 g/mol. The van der Waals surface area contributed by atoms with Gasteiger partial charge < -0.3 is 35.4 Å². The first-order chi connectivity index (χ1) is 21.9. The molecule has 2 aromatic rings. The van der Waals surface area contributed by atoms with Crippen LogP contribution in [0.3, 0.4) is 0 Å². The van der Waals surface area contributed by atoms with Crippen molar-refractivity contribution in [2.75, 3.05) is 50.4 Å². The van der Waals surface area contributed by atoms with Crippen molar-refractivity contribution in [1.82, 2.24) is 20.9 Å². The van der Waals surface area contributed by atoms with Gasteiger partial charge in [-0.3, -0.25) is 9.52 Å². The van der Waals surface area contributed by atoms with Crippen LogP contribution in [0, 0.1) is 0 Å². The molecule has 15 nitrogen and oxygen atoms in total. The first-order valence-electron chi connectivity index (χ1n) is 14.7. The van der Waals surface area contributed by atoms with E-state index in [9.17, 15) is 31.2 Å². The zero-order valence-corrected chi connectivity index (χ0v) is 27.1. The second kappa shape index (κ2) is 17.6. The van der Waals surface area contributed by atoms with Crippen LogP contribution in [0.1, 0.15) is 31.2 Å². The van der Waals surface area contributed by atoms with E-state index in [0.29, 0.717) is 37.1 Å². The van der Waals surface area contributed by atoms with Crippen molar-refractivity contribution in [3.63, 3.8) is 0 Å². The lowest BCUT2D eigenvalue weighted by Crippen LogP contribution is -2.58. The number of morpholine rings is 1. The van der Waals surface area contributed by atoms with E-state index >= 15 is 0 Å². The molecule has 0 bridgehead atoms. The summed E-state index contributed by atoms with van der Waals surface area (Å²) in [5.41, 5.74) is -0.631. The number of hydrogen-bond acceptors (Lipinski definition) is 9. The molecule has 0 saturated carbocycles. The molecular formula is C29H41N5O10S2. The number of unbranched alkanes of at least 4 members (excludes halogenated alkanes) is 3. The number of urea groups is 1. The number of rotatable bonds is 17. The van der Waals surface area contributed by atoms with Crippen LogP contribution in [0.4, 0.5) is 15.3 Å².